The zero-order valence-corrected chi connectivity index (χ0v) is 6.56. The minimum Gasteiger partial charge on any atom is -0.446 e. The summed E-state index contributed by atoms with van der Waals surface area (Å²) in [6, 6.07) is 2.72. The molecular formula is C7H6ClFO2. The molecule has 0 bridgehead atoms. The van der Waals surface area contributed by atoms with Crippen LogP contribution in [0.4, 0.5) is 4.39 Å². The summed E-state index contributed by atoms with van der Waals surface area (Å²) in [4.78, 5) is 10.2. The van der Waals surface area contributed by atoms with Gasteiger partial charge in [0, 0.05) is 0 Å². The number of hydrogen-bond acceptors (Lipinski definition) is 2. The molecule has 0 amide bonds. The predicted molar refractivity (Wildman–Crippen MR) is 38.2 cm³/mol. The second kappa shape index (κ2) is 2.66. The highest BCUT2D eigenvalue weighted by atomic mass is 35.5. The van der Waals surface area contributed by atoms with Crippen LogP contribution in [0, 0.1) is 0 Å². The van der Waals surface area contributed by atoms with Gasteiger partial charge < -0.3 is 4.42 Å². The van der Waals surface area contributed by atoms with Crippen LogP contribution in [0.1, 0.15) is 12.7 Å². The molecule has 4 heteroatoms. The smallest absolute Gasteiger partial charge is 0.219 e. The highest BCUT2D eigenvalue weighted by Gasteiger charge is 2.28. The summed E-state index contributed by atoms with van der Waals surface area (Å²) in [5, 5.41) is 0.0747. The lowest BCUT2D eigenvalue weighted by atomic mass is 10.1. The van der Waals surface area contributed by atoms with E-state index >= 15 is 0 Å². The molecule has 1 aromatic heterocycles. The molecule has 0 saturated heterocycles. The largest absolute Gasteiger partial charge is 0.446 e. The molecule has 11 heavy (non-hydrogen) atoms. The second-order valence-corrected chi connectivity index (χ2v) is 2.67. The maximum atomic E-state index is 13.0. The molecule has 0 spiro atoms. The van der Waals surface area contributed by atoms with Crippen LogP contribution in [0.2, 0.25) is 5.22 Å². The summed E-state index contributed by atoms with van der Waals surface area (Å²) < 4.78 is 17.7. The van der Waals surface area contributed by atoms with E-state index in [9.17, 15) is 9.18 Å². The number of alkyl halides is 1. The van der Waals surface area contributed by atoms with Crippen molar-refractivity contribution in [3.8, 4) is 0 Å². The topological polar surface area (TPSA) is 30.2 Å². The van der Waals surface area contributed by atoms with E-state index in [1.54, 1.807) is 0 Å². The predicted octanol–water partition coefficient (Wildman–Crippen LogP) is 2.32. The Hall–Kier alpha value is -0.830. The fourth-order valence-corrected chi connectivity index (χ4v) is 0.781. The van der Waals surface area contributed by atoms with Gasteiger partial charge in [0.1, 0.15) is 5.76 Å². The molecule has 0 aliphatic heterocycles. The molecule has 60 valence electrons. The van der Waals surface area contributed by atoms with Crippen LogP contribution in [0.25, 0.3) is 0 Å². The highest BCUT2D eigenvalue weighted by Crippen LogP contribution is 2.26. The van der Waals surface area contributed by atoms with Crippen molar-refractivity contribution in [2.75, 3.05) is 0 Å². The van der Waals surface area contributed by atoms with Gasteiger partial charge in [-0.3, -0.25) is 4.79 Å². The first-order valence-electron chi connectivity index (χ1n) is 2.97. The van der Waals surface area contributed by atoms with Crippen LogP contribution in [-0.2, 0) is 10.5 Å². The Balaban J connectivity index is 3.01. The van der Waals surface area contributed by atoms with Crippen molar-refractivity contribution in [1.29, 1.82) is 0 Å². The third kappa shape index (κ3) is 1.60. The molecule has 0 radical (unpaired) electrons. The minimum absolute atomic E-state index is 0.0718. The third-order valence-corrected chi connectivity index (χ3v) is 1.48. The zero-order chi connectivity index (χ0) is 8.48. The molecule has 0 fully saturated rings. The molecular weight excluding hydrogens is 171 g/mol. The Bertz CT molecular complexity index is 267. The van der Waals surface area contributed by atoms with E-state index in [4.69, 9.17) is 16.0 Å². The summed E-state index contributed by atoms with van der Waals surface area (Å²) in [6.45, 7) is 1.11. The average molecular weight is 177 g/mol. The van der Waals surface area contributed by atoms with Crippen LogP contribution in [0.15, 0.2) is 16.5 Å². The number of halogens is 2. The SMILES string of the molecule is CC(F)(C=O)c1ccc(Cl)o1. The van der Waals surface area contributed by atoms with Crippen LogP contribution in [-0.4, -0.2) is 6.29 Å². The number of aldehydes is 1. The summed E-state index contributed by atoms with van der Waals surface area (Å²) >= 11 is 5.37. The Morgan fingerprint density at radius 3 is 2.73 bits per heavy atom. The number of carbonyl (C=O) groups is 1. The number of furan rings is 1. The average Bonchev–Trinajstić information content (AvgIpc) is 2.36. The molecule has 1 aromatic rings. The summed E-state index contributed by atoms with van der Waals surface area (Å²) in [5.41, 5.74) is -2.08. The van der Waals surface area contributed by atoms with Crippen molar-refractivity contribution in [3.63, 3.8) is 0 Å². The third-order valence-electron chi connectivity index (χ3n) is 1.28. The van der Waals surface area contributed by atoms with Crippen LogP contribution in [0.5, 0.6) is 0 Å². The normalized spacial score (nSPS) is 15.9. The van der Waals surface area contributed by atoms with Gasteiger partial charge in [-0.05, 0) is 30.7 Å². The number of carbonyl (C=O) groups excluding carboxylic acids is 1. The van der Waals surface area contributed by atoms with Crippen molar-refractivity contribution in [3.05, 3.63) is 23.1 Å². The molecule has 0 aliphatic rings. The monoisotopic (exact) mass is 176 g/mol. The molecule has 0 N–H and O–H groups in total. The fourth-order valence-electron chi connectivity index (χ4n) is 0.635. The standard InChI is InChI=1S/C7H6ClFO2/c1-7(9,4-10)5-2-3-6(8)11-5/h2-4H,1H3. The van der Waals surface area contributed by atoms with Crippen molar-refractivity contribution in [2.45, 2.75) is 12.6 Å². The number of hydrogen-bond donors (Lipinski definition) is 0. The molecule has 0 aromatic carbocycles. The fraction of sp³-hybridized carbons (Fsp3) is 0.286. The molecule has 2 nitrogen and oxygen atoms in total. The van der Waals surface area contributed by atoms with Gasteiger partial charge in [-0.1, -0.05) is 0 Å². The van der Waals surface area contributed by atoms with E-state index in [1.165, 1.54) is 12.1 Å². The Morgan fingerprint density at radius 2 is 2.36 bits per heavy atom. The van der Waals surface area contributed by atoms with Gasteiger partial charge in [-0.25, -0.2) is 4.39 Å². The second-order valence-electron chi connectivity index (χ2n) is 2.30. The van der Waals surface area contributed by atoms with Gasteiger partial charge in [0.15, 0.2) is 11.5 Å². The van der Waals surface area contributed by atoms with E-state index in [0.717, 1.165) is 6.92 Å². The summed E-state index contributed by atoms with van der Waals surface area (Å²) in [6.07, 6.45) is 0.169. The molecule has 0 saturated carbocycles. The van der Waals surface area contributed by atoms with Crippen LogP contribution < -0.4 is 0 Å². The first-order chi connectivity index (χ1) is 5.06. The van der Waals surface area contributed by atoms with E-state index in [2.05, 4.69) is 0 Å². The molecule has 1 heterocycles. The minimum atomic E-state index is -2.08. The van der Waals surface area contributed by atoms with Gasteiger partial charge in [0.25, 0.3) is 0 Å². The lowest BCUT2D eigenvalue weighted by molar-refractivity contribution is -0.118. The van der Waals surface area contributed by atoms with E-state index < -0.39 is 5.67 Å². The van der Waals surface area contributed by atoms with E-state index in [-0.39, 0.29) is 17.3 Å². The summed E-state index contributed by atoms with van der Waals surface area (Å²) in [7, 11) is 0. The lowest BCUT2D eigenvalue weighted by Gasteiger charge is -2.07. The highest BCUT2D eigenvalue weighted by molar-refractivity contribution is 6.28. The van der Waals surface area contributed by atoms with Gasteiger partial charge >= 0.3 is 0 Å². The maximum Gasteiger partial charge on any atom is 0.219 e. The van der Waals surface area contributed by atoms with Gasteiger partial charge in [0.05, 0.1) is 0 Å². The van der Waals surface area contributed by atoms with Gasteiger partial charge in [0.2, 0.25) is 5.67 Å². The first-order valence-corrected chi connectivity index (χ1v) is 3.35. The molecule has 1 rings (SSSR count). The lowest BCUT2D eigenvalue weighted by Crippen LogP contribution is -2.15. The number of rotatable bonds is 2. The molecule has 1 atom stereocenters. The zero-order valence-electron chi connectivity index (χ0n) is 5.80. The van der Waals surface area contributed by atoms with Gasteiger partial charge in [-0.2, -0.15) is 0 Å². The van der Waals surface area contributed by atoms with Crippen molar-refractivity contribution >= 4 is 17.9 Å². The Morgan fingerprint density at radius 1 is 1.73 bits per heavy atom. The Kier molecular flexibility index (Phi) is 2.00. The molecule has 1 unspecified atom stereocenters. The molecule has 0 aliphatic carbocycles. The van der Waals surface area contributed by atoms with Crippen molar-refractivity contribution < 1.29 is 13.6 Å². The Labute approximate surface area is 68.0 Å². The van der Waals surface area contributed by atoms with Crippen LogP contribution >= 0.6 is 11.6 Å². The van der Waals surface area contributed by atoms with E-state index in [0.29, 0.717) is 0 Å². The first kappa shape index (κ1) is 8.27. The summed E-state index contributed by atoms with van der Waals surface area (Å²) in [5.74, 6) is -0.0718. The van der Waals surface area contributed by atoms with Crippen molar-refractivity contribution in [1.82, 2.24) is 0 Å². The van der Waals surface area contributed by atoms with Crippen LogP contribution in [0.3, 0.4) is 0 Å². The quantitative estimate of drug-likeness (QED) is 0.648. The van der Waals surface area contributed by atoms with E-state index in [1.807, 2.05) is 0 Å². The maximum absolute atomic E-state index is 13.0. The van der Waals surface area contributed by atoms with Gasteiger partial charge in [-0.15, -0.1) is 0 Å². The van der Waals surface area contributed by atoms with Crippen molar-refractivity contribution in [2.24, 2.45) is 0 Å².